The molecule has 1 aliphatic heterocycles. The Bertz CT molecular complexity index is 824. The first-order valence-electron chi connectivity index (χ1n) is 8.32. The van der Waals surface area contributed by atoms with Crippen LogP contribution in [0.3, 0.4) is 0 Å². The molecular weight excluding hydrogens is 340 g/mol. The number of halogens is 2. The molecule has 1 unspecified atom stereocenters. The standard InChI is InChI=1S/C19H19F2N3O2/c20-16-6-5-15(9-17(16)21)24-8-7-12(11-24)10-23-19(26)14-3-1-13(2-4-14)18(22)25/h1-6,9,12H,7-8,10-11H2,(H2,22,25)(H,23,26). The summed E-state index contributed by atoms with van der Waals surface area (Å²) >= 11 is 0. The fourth-order valence-corrected chi connectivity index (χ4v) is 3.04. The van der Waals surface area contributed by atoms with Crippen molar-refractivity contribution in [3.8, 4) is 0 Å². The van der Waals surface area contributed by atoms with Gasteiger partial charge in [-0.3, -0.25) is 9.59 Å². The summed E-state index contributed by atoms with van der Waals surface area (Å²) in [4.78, 5) is 25.2. The van der Waals surface area contributed by atoms with Gasteiger partial charge in [-0.15, -0.1) is 0 Å². The van der Waals surface area contributed by atoms with Crippen LogP contribution in [-0.2, 0) is 0 Å². The third-order valence-electron chi connectivity index (χ3n) is 4.54. The van der Waals surface area contributed by atoms with Crippen molar-refractivity contribution in [2.75, 3.05) is 24.5 Å². The van der Waals surface area contributed by atoms with Crippen LogP contribution in [0.5, 0.6) is 0 Å². The van der Waals surface area contributed by atoms with E-state index < -0.39 is 17.5 Å². The van der Waals surface area contributed by atoms with Gasteiger partial charge in [0.2, 0.25) is 5.91 Å². The van der Waals surface area contributed by atoms with Crippen molar-refractivity contribution in [3.63, 3.8) is 0 Å². The third-order valence-corrected chi connectivity index (χ3v) is 4.54. The quantitative estimate of drug-likeness (QED) is 0.860. The maximum Gasteiger partial charge on any atom is 0.251 e. The lowest BCUT2D eigenvalue weighted by Crippen LogP contribution is -2.31. The topological polar surface area (TPSA) is 75.4 Å². The van der Waals surface area contributed by atoms with Crippen LogP contribution in [0.4, 0.5) is 14.5 Å². The van der Waals surface area contributed by atoms with Crippen LogP contribution >= 0.6 is 0 Å². The molecule has 7 heteroatoms. The number of benzene rings is 2. The first-order valence-corrected chi connectivity index (χ1v) is 8.32. The lowest BCUT2D eigenvalue weighted by atomic mass is 10.1. The van der Waals surface area contributed by atoms with Gasteiger partial charge in [-0.25, -0.2) is 8.78 Å². The van der Waals surface area contributed by atoms with Crippen molar-refractivity contribution in [3.05, 3.63) is 65.2 Å². The minimum absolute atomic E-state index is 0.219. The lowest BCUT2D eigenvalue weighted by Gasteiger charge is -2.19. The van der Waals surface area contributed by atoms with E-state index in [-0.39, 0.29) is 11.8 Å². The Morgan fingerprint density at radius 2 is 1.77 bits per heavy atom. The van der Waals surface area contributed by atoms with Gasteiger partial charge >= 0.3 is 0 Å². The molecule has 0 aromatic heterocycles. The molecule has 1 aliphatic rings. The minimum atomic E-state index is -0.862. The van der Waals surface area contributed by atoms with Crippen molar-refractivity contribution < 1.29 is 18.4 Å². The van der Waals surface area contributed by atoms with Gasteiger partial charge in [0.05, 0.1) is 0 Å². The van der Waals surface area contributed by atoms with Crippen LogP contribution in [0.15, 0.2) is 42.5 Å². The number of rotatable bonds is 5. The average Bonchev–Trinajstić information content (AvgIpc) is 3.11. The van der Waals surface area contributed by atoms with Crippen molar-refractivity contribution in [2.45, 2.75) is 6.42 Å². The van der Waals surface area contributed by atoms with E-state index >= 15 is 0 Å². The van der Waals surface area contributed by atoms with Crippen molar-refractivity contribution >= 4 is 17.5 Å². The highest BCUT2D eigenvalue weighted by molar-refractivity contribution is 5.97. The predicted molar refractivity (Wildman–Crippen MR) is 94.0 cm³/mol. The summed E-state index contributed by atoms with van der Waals surface area (Å²) in [5.74, 6) is -2.28. The summed E-state index contributed by atoms with van der Waals surface area (Å²) in [6.07, 6.45) is 0.847. The highest BCUT2D eigenvalue weighted by Crippen LogP contribution is 2.25. The van der Waals surface area contributed by atoms with Crippen LogP contribution in [0, 0.1) is 17.6 Å². The number of nitrogens with zero attached hydrogens (tertiary/aromatic N) is 1. The normalized spacial score (nSPS) is 16.5. The second-order valence-electron chi connectivity index (χ2n) is 6.35. The Hall–Kier alpha value is -2.96. The molecule has 5 nitrogen and oxygen atoms in total. The van der Waals surface area contributed by atoms with Gasteiger partial charge in [-0.05, 0) is 48.7 Å². The fourth-order valence-electron chi connectivity index (χ4n) is 3.04. The number of hydrogen-bond donors (Lipinski definition) is 2. The highest BCUT2D eigenvalue weighted by Gasteiger charge is 2.24. The summed E-state index contributed by atoms with van der Waals surface area (Å²) in [7, 11) is 0. The van der Waals surface area contributed by atoms with Crippen molar-refractivity contribution in [2.24, 2.45) is 11.7 Å². The monoisotopic (exact) mass is 359 g/mol. The number of primary amides is 1. The van der Waals surface area contributed by atoms with E-state index in [0.717, 1.165) is 19.0 Å². The number of amides is 2. The predicted octanol–water partition coefficient (Wildman–Crippen LogP) is 2.32. The van der Waals surface area contributed by atoms with E-state index in [1.165, 1.54) is 18.2 Å². The van der Waals surface area contributed by atoms with Gasteiger partial charge in [-0.1, -0.05) is 0 Å². The van der Waals surface area contributed by atoms with Gasteiger partial charge < -0.3 is 16.0 Å². The molecule has 1 fully saturated rings. The molecule has 136 valence electrons. The summed E-state index contributed by atoms with van der Waals surface area (Å²) in [5.41, 5.74) is 6.61. The van der Waals surface area contributed by atoms with E-state index in [0.29, 0.717) is 29.9 Å². The largest absolute Gasteiger partial charge is 0.371 e. The third kappa shape index (κ3) is 3.99. The van der Waals surface area contributed by atoms with E-state index in [2.05, 4.69) is 5.32 Å². The zero-order chi connectivity index (χ0) is 18.7. The molecule has 0 spiro atoms. The minimum Gasteiger partial charge on any atom is -0.371 e. The first-order chi connectivity index (χ1) is 12.4. The van der Waals surface area contributed by atoms with Crippen LogP contribution in [0.25, 0.3) is 0 Å². The van der Waals surface area contributed by atoms with Crippen LogP contribution < -0.4 is 16.0 Å². The maximum absolute atomic E-state index is 13.4. The number of nitrogens with two attached hydrogens (primary N) is 1. The van der Waals surface area contributed by atoms with Crippen molar-refractivity contribution in [1.82, 2.24) is 5.32 Å². The van der Waals surface area contributed by atoms with Gasteiger partial charge in [0.15, 0.2) is 11.6 Å². The molecule has 3 rings (SSSR count). The molecule has 0 aliphatic carbocycles. The Morgan fingerprint density at radius 1 is 1.08 bits per heavy atom. The highest BCUT2D eigenvalue weighted by atomic mass is 19.2. The molecule has 0 bridgehead atoms. The Labute approximate surface area is 149 Å². The molecule has 1 atom stereocenters. The Morgan fingerprint density at radius 3 is 2.42 bits per heavy atom. The molecule has 2 amide bonds. The first kappa shape index (κ1) is 17.8. The van der Waals surface area contributed by atoms with Gasteiger partial charge in [0, 0.05) is 42.5 Å². The molecule has 0 radical (unpaired) electrons. The molecular formula is C19H19F2N3O2. The summed E-state index contributed by atoms with van der Waals surface area (Å²) in [6.45, 7) is 1.86. The molecule has 26 heavy (non-hydrogen) atoms. The summed E-state index contributed by atoms with van der Waals surface area (Å²) in [5, 5.41) is 2.87. The SMILES string of the molecule is NC(=O)c1ccc(C(=O)NCC2CCN(c3ccc(F)c(F)c3)C2)cc1. The molecule has 1 saturated heterocycles. The fraction of sp³-hybridized carbons (Fsp3) is 0.263. The molecule has 2 aromatic rings. The smallest absolute Gasteiger partial charge is 0.251 e. The molecule has 1 heterocycles. The summed E-state index contributed by atoms with van der Waals surface area (Å²) in [6, 6.07) is 10.00. The number of nitrogens with one attached hydrogen (secondary N) is 1. The second-order valence-corrected chi connectivity index (χ2v) is 6.35. The van der Waals surface area contributed by atoms with E-state index in [1.807, 2.05) is 4.90 Å². The zero-order valence-corrected chi connectivity index (χ0v) is 14.0. The maximum atomic E-state index is 13.4. The van der Waals surface area contributed by atoms with Gasteiger partial charge in [0.25, 0.3) is 5.91 Å². The van der Waals surface area contributed by atoms with Crippen LogP contribution in [-0.4, -0.2) is 31.4 Å². The molecule has 2 aromatic carbocycles. The van der Waals surface area contributed by atoms with Gasteiger partial charge in [-0.2, -0.15) is 0 Å². The van der Waals surface area contributed by atoms with E-state index in [9.17, 15) is 18.4 Å². The Kier molecular flexibility index (Phi) is 5.16. The second kappa shape index (κ2) is 7.51. The Balaban J connectivity index is 1.53. The lowest BCUT2D eigenvalue weighted by molar-refractivity contribution is 0.0945. The summed E-state index contributed by atoms with van der Waals surface area (Å²) < 4.78 is 26.4. The number of anilines is 1. The van der Waals surface area contributed by atoms with Crippen LogP contribution in [0.2, 0.25) is 0 Å². The number of carbonyl (C=O) groups excluding carboxylic acids is 2. The number of hydrogen-bond acceptors (Lipinski definition) is 3. The van der Waals surface area contributed by atoms with E-state index in [1.54, 1.807) is 18.2 Å². The van der Waals surface area contributed by atoms with Crippen molar-refractivity contribution in [1.29, 1.82) is 0 Å². The zero-order valence-electron chi connectivity index (χ0n) is 14.0. The molecule has 0 saturated carbocycles. The van der Waals surface area contributed by atoms with E-state index in [4.69, 9.17) is 5.73 Å². The number of carbonyl (C=O) groups is 2. The average molecular weight is 359 g/mol. The van der Waals surface area contributed by atoms with Crippen LogP contribution in [0.1, 0.15) is 27.1 Å². The molecule has 3 N–H and O–H groups in total. The van der Waals surface area contributed by atoms with Gasteiger partial charge in [0.1, 0.15) is 0 Å².